The maximum atomic E-state index is 5.15. The molecule has 0 spiro atoms. The third-order valence-electron chi connectivity index (χ3n) is 1.22. The van der Waals surface area contributed by atoms with Crippen LogP contribution in [0.2, 0.25) is 3.93 Å². The Kier molecular flexibility index (Phi) is 2.46. The quantitative estimate of drug-likeness (QED) is 0.529. The van der Waals surface area contributed by atoms with Gasteiger partial charge in [-0.25, -0.2) is 0 Å². The van der Waals surface area contributed by atoms with Crippen LogP contribution in [0.15, 0.2) is 0 Å². The van der Waals surface area contributed by atoms with E-state index in [1.807, 2.05) is 0 Å². The van der Waals surface area contributed by atoms with Gasteiger partial charge in [0.1, 0.15) is 0 Å². The molecule has 1 aliphatic rings. The molecule has 1 nitrogen and oxygen atoms in total. The zero-order chi connectivity index (χ0) is 5.11. The van der Waals surface area contributed by atoms with Crippen molar-refractivity contribution in [3.63, 3.8) is 0 Å². The van der Waals surface area contributed by atoms with Gasteiger partial charge in [0.15, 0.2) is 0 Å². The molecule has 39 valence electrons. The summed E-state index contributed by atoms with van der Waals surface area (Å²) >= 11 is 1.69. The van der Waals surface area contributed by atoms with Crippen LogP contribution in [0, 0.1) is 0 Å². The molecule has 7 heavy (non-hydrogen) atoms. The van der Waals surface area contributed by atoms with Gasteiger partial charge in [-0.3, -0.25) is 0 Å². The van der Waals surface area contributed by atoms with Crippen molar-refractivity contribution in [3.8, 4) is 0 Å². The number of hydrogen-bond acceptors (Lipinski definition) is 1. The number of hydrogen-bond donors (Lipinski definition) is 0. The Hall–Kier alpha value is 0.759. The van der Waals surface area contributed by atoms with Crippen molar-refractivity contribution in [1.29, 1.82) is 0 Å². The van der Waals surface area contributed by atoms with Gasteiger partial charge in [0.25, 0.3) is 0 Å². The van der Waals surface area contributed by atoms with Gasteiger partial charge in [-0.15, -0.1) is 0 Å². The van der Waals surface area contributed by atoms with Crippen LogP contribution in [-0.4, -0.2) is 35.7 Å². The van der Waals surface area contributed by atoms with Crippen LogP contribution in [0.3, 0.4) is 0 Å². The normalized spacial score (nSPS) is 25.3. The Labute approximate surface area is 57.5 Å². The summed E-state index contributed by atoms with van der Waals surface area (Å²) in [5, 5.41) is 0. The molecule has 2 heteroatoms. The van der Waals surface area contributed by atoms with Crippen LogP contribution in [0.5, 0.6) is 0 Å². The number of ether oxygens (including phenoxy) is 1. The molecule has 1 heterocycles. The Morgan fingerprint density at radius 2 is 1.86 bits per heavy atom. The van der Waals surface area contributed by atoms with Crippen LogP contribution in [0.4, 0.5) is 0 Å². The van der Waals surface area contributed by atoms with Gasteiger partial charge in [-0.05, 0) is 0 Å². The Morgan fingerprint density at radius 1 is 1.29 bits per heavy atom. The minimum absolute atomic E-state index is 1.00. The number of rotatable bonds is 0. The minimum atomic E-state index is 1.00. The fourth-order valence-electron chi connectivity index (χ4n) is 0.698. The van der Waals surface area contributed by atoms with Crippen LogP contribution in [0.25, 0.3) is 0 Å². The van der Waals surface area contributed by atoms with E-state index in [1.54, 1.807) is 22.5 Å². The van der Waals surface area contributed by atoms with Crippen molar-refractivity contribution in [2.45, 2.75) is 16.8 Å². The standard InChI is InChI=1S/C5H9O.Sn/c1-2-4-6-5-3-1;/h1H,2-5H2;. The van der Waals surface area contributed by atoms with E-state index in [2.05, 4.69) is 0 Å². The molecule has 0 bridgehead atoms. The second-order valence-corrected chi connectivity index (χ2v) is 4.22. The Morgan fingerprint density at radius 3 is 2.14 bits per heavy atom. The summed E-state index contributed by atoms with van der Waals surface area (Å²) in [5.41, 5.74) is 0. The third kappa shape index (κ3) is 2.00. The van der Waals surface area contributed by atoms with Crippen LogP contribution < -0.4 is 0 Å². The van der Waals surface area contributed by atoms with Gasteiger partial charge in [-0.2, -0.15) is 0 Å². The van der Waals surface area contributed by atoms with Gasteiger partial charge in [0.2, 0.25) is 0 Å². The third-order valence-corrected chi connectivity index (χ3v) is 2.87. The average Bonchev–Trinajstić information content (AvgIpc) is 1.69. The monoisotopic (exact) mass is 205 g/mol. The fraction of sp³-hybridized carbons (Fsp3) is 1.00. The molecule has 1 aliphatic heterocycles. The Bertz CT molecular complexity index is 50.0. The van der Waals surface area contributed by atoms with Crippen molar-refractivity contribution in [3.05, 3.63) is 0 Å². The molecule has 1 rings (SSSR count). The van der Waals surface area contributed by atoms with Gasteiger partial charge >= 0.3 is 57.3 Å². The summed E-state index contributed by atoms with van der Waals surface area (Å²) in [6.07, 6.45) is 2.61. The molecule has 3 radical (unpaired) electrons. The van der Waals surface area contributed by atoms with Crippen molar-refractivity contribution < 1.29 is 4.74 Å². The first kappa shape index (κ1) is 5.89. The van der Waals surface area contributed by atoms with E-state index in [0.29, 0.717) is 0 Å². The summed E-state index contributed by atoms with van der Waals surface area (Å²) in [5.74, 6) is 0. The molecule has 0 atom stereocenters. The summed E-state index contributed by atoms with van der Waals surface area (Å²) < 4.78 is 6.16. The van der Waals surface area contributed by atoms with Gasteiger partial charge in [0.05, 0.1) is 0 Å². The molecule has 0 saturated carbocycles. The average molecular weight is 204 g/mol. The van der Waals surface area contributed by atoms with E-state index in [1.165, 1.54) is 12.8 Å². The van der Waals surface area contributed by atoms with E-state index in [0.717, 1.165) is 17.1 Å². The molecule has 0 amide bonds. The van der Waals surface area contributed by atoms with E-state index in [4.69, 9.17) is 4.74 Å². The van der Waals surface area contributed by atoms with Gasteiger partial charge < -0.3 is 0 Å². The zero-order valence-corrected chi connectivity index (χ0v) is 7.17. The van der Waals surface area contributed by atoms with E-state index < -0.39 is 0 Å². The molecule has 1 saturated heterocycles. The summed E-state index contributed by atoms with van der Waals surface area (Å²) in [6, 6.07) is 0. The summed E-state index contributed by atoms with van der Waals surface area (Å²) in [4.78, 5) is 0. The SMILES string of the molecule is [Sn][CH]1CCOCC1. The molecule has 0 aliphatic carbocycles. The Balaban J connectivity index is 2.12. The first-order chi connectivity index (χ1) is 3.39. The molecular formula is C5H9OSn. The van der Waals surface area contributed by atoms with Crippen LogP contribution in [-0.2, 0) is 4.74 Å². The van der Waals surface area contributed by atoms with Crippen molar-refractivity contribution >= 4 is 22.5 Å². The maximum absolute atomic E-state index is 5.15. The predicted molar refractivity (Wildman–Crippen MR) is 29.6 cm³/mol. The zero-order valence-electron chi connectivity index (χ0n) is 4.31. The fourth-order valence-corrected chi connectivity index (χ4v) is 1.37. The molecule has 0 aromatic carbocycles. The first-order valence-corrected chi connectivity index (χ1v) is 4.33. The van der Waals surface area contributed by atoms with Gasteiger partial charge in [-0.1, -0.05) is 0 Å². The van der Waals surface area contributed by atoms with Crippen molar-refractivity contribution in [2.75, 3.05) is 13.2 Å². The topological polar surface area (TPSA) is 9.23 Å². The molecule has 0 aromatic rings. The second kappa shape index (κ2) is 2.92. The summed E-state index contributed by atoms with van der Waals surface area (Å²) in [6.45, 7) is 2.02. The molecule has 1 fully saturated rings. The van der Waals surface area contributed by atoms with Crippen molar-refractivity contribution in [1.82, 2.24) is 0 Å². The van der Waals surface area contributed by atoms with E-state index in [-0.39, 0.29) is 0 Å². The van der Waals surface area contributed by atoms with E-state index in [9.17, 15) is 0 Å². The predicted octanol–water partition coefficient (Wildman–Crippen LogP) is 0.754. The molecule has 0 aromatic heterocycles. The first-order valence-electron chi connectivity index (χ1n) is 2.68. The van der Waals surface area contributed by atoms with Crippen LogP contribution in [0.1, 0.15) is 12.8 Å². The molecular weight excluding hydrogens is 195 g/mol. The van der Waals surface area contributed by atoms with Gasteiger partial charge in [0, 0.05) is 0 Å². The second-order valence-electron chi connectivity index (χ2n) is 1.89. The van der Waals surface area contributed by atoms with Crippen molar-refractivity contribution in [2.24, 2.45) is 0 Å². The van der Waals surface area contributed by atoms with Crippen LogP contribution >= 0.6 is 0 Å². The summed E-state index contributed by atoms with van der Waals surface area (Å²) in [7, 11) is 0. The molecule has 0 N–H and O–H groups in total. The van der Waals surface area contributed by atoms with E-state index >= 15 is 0 Å². The molecule has 0 unspecified atom stereocenters.